The van der Waals surface area contributed by atoms with E-state index in [-0.39, 0.29) is 11.8 Å². The molecule has 0 spiro atoms. The number of methoxy groups -OCH3 is 1. The number of carbonyl (C=O) groups is 1. The number of hydrogen-bond acceptors (Lipinski definition) is 3. The van der Waals surface area contributed by atoms with Gasteiger partial charge >= 0.3 is 0 Å². The zero-order valence-corrected chi connectivity index (χ0v) is 13.3. The van der Waals surface area contributed by atoms with Crippen molar-refractivity contribution in [3.63, 3.8) is 0 Å². The van der Waals surface area contributed by atoms with E-state index in [0.717, 1.165) is 17.1 Å². The van der Waals surface area contributed by atoms with Crippen molar-refractivity contribution < 1.29 is 13.9 Å². The second kappa shape index (κ2) is 7.69. The summed E-state index contributed by atoms with van der Waals surface area (Å²) in [7, 11) is 1.65. The SMILES string of the molecule is COc1ccc([C@@H](CC(=O)NCc2ccco2)C(C)C)cc1. The Labute approximate surface area is 131 Å². The Kier molecular flexibility index (Phi) is 5.64. The first-order valence-corrected chi connectivity index (χ1v) is 7.53. The van der Waals surface area contributed by atoms with Crippen LogP contribution in [0.2, 0.25) is 0 Å². The summed E-state index contributed by atoms with van der Waals surface area (Å²) in [5.41, 5.74) is 1.16. The molecular weight excluding hydrogens is 278 g/mol. The molecule has 0 bridgehead atoms. The van der Waals surface area contributed by atoms with Crippen molar-refractivity contribution >= 4 is 5.91 Å². The van der Waals surface area contributed by atoms with E-state index in [2.05, 4.69) is 19.2 Å². The van der Waals surface area contributed by atoms with Crippen LogP contribution < -0.4 is 10.1 Å². The van der Waals surface area contributed by atoms with E-state index in [0.29, 0.717) is 18.9 Å². The number of benzene rings is 1. The third-order valence-corrected chi connectivity index (χ3v) is 3.79. The van der Waals surface area contributed by atoms with Crippen molar-refractivity contribution in [2.45, 2.75) is 32.7 Å². The third kappa shape index (κ3) is 4.38. The van der Waals surface area contributed by atoms with Crippen LogP contribution in [-0.2, 0) is 11.3 Å². The maximum Gasteiger partial charge on any atom is 0.220 e. The summed E-state index contributed by atoms with van der Waals surface area (Å²) in [6.45, 7) is 4.70. The molecule has 0 saturated heterocycles. The van der Waals surface area contributed by atoms with Crippen LogP contribution in [0.3, 0.4) is 0 Å². The van der Waals surface area contributed by atoms with Crippen LogP contribution in [0.1, 0.15) is 37.5 Å². The van der Waals surface area contributed by atoms with Gasteiger partial charge in [-0.2, -0.15) is 0 Å². The van der Waals surface area contributed by atoms with Crippen molar-refractivity contribution in [1.82, 2.24) is 5.32 Å². The lowest BCUT2D eigenvalue weighted by Gasteiger charge is -2.21. The quantitative estimate of drug-likeness (QED) is 0.847. The molecule has 2 aromatic rings. The van der Waals surface area contributed by atoms with Gasteiger partial charge in [0.05, 0.1) is 19.9 Å². The van der Waals surface area contributed by atoms with Crippen LogP contribution >= 0.6 is 0 Å². The molecule has 4 heteroatoms. The van der Waals surface area contributed by atoms with Crippen LogP contribution in [0.15, 0.2) is 47.1 Å². The minimum atomic E-state index is 0.0333. The van der Waals surface area contributed by atoms with Crippen LogP contribution in [0.25, 0.3) is 0 Å². The van der Waals surface area contributed by atoms with Gasteiger partial charge in [-0.3, -0.25) is 4.79 Å². The van der Waals surface area contributed by atoms with E-state index in [1.807, 2.05) is 36.4 Å². The number of amides is 1. The molecule has 118 valence electrons. The topological polar surface area (TPSA) is 51.5 Å². The van der Waals surface area contributed by atoms with Crippen molar-refractivity contribution in [2.75, 3.05) is 7.11 Å². The molecular formula is C18H23NO3. The minimum Gasteiger partial charge on any atom is -0.497 e. The van der Waals surface area contributed by atoms with Crippen molar-refractivity contribution in [2.24, 2.45) is 5.92 Å². The Hall–Kier alpha value is -2.23. The Bertz CT molecular complexity index is 573. The lowest BCUT2D eigenvalue weighted by molar-refractivity contribution is -0.121. The zero-order chi connectivity index (χ0) is 15.9. The van der Waals surface area contributed by atoms with E-state index in [1.165, 1.54) is 0 Å². The second-order valence-electron chi connectivity index (χ2n) is 5.68. The average molecular weight is 301 g/mol. The standard InChI is InChI=1S/C18H23NO3/c1-13(2)17(14-6-8-15(21-3)9-7-14)11-18(20)19-12-16-5-4-10-22-16/h4-10,13,17H,11-12H2,1-3H3,(H,19,20)/t17-/m0/s1. The first-order chi connectivity index (χ1) is 10.6. The Morgan fingerprint density at radius 2 is 1.95 bits per heavy atom. The fourth-order valence-electron chi connectivity index (χ4n) is 2.46. The summed E-state index contributed by atoms with van der Waals surface area (Å²) in [5.74, 6) is 2.18. The number of hydrogen-bond donors (Lipinski definition) is 1. The number of nitrogens with one attached hydrogen (secondary N) is 1. The first-order valence-electron chi connectivity index (χ1n) is 7.53. The summed E-state index contributed by atoms with van der Waals surface area (Å²) >= 11 is 0. The lowest BCUT2D eigenvalue weighted by Crippen LogP contribution is -2.25. The number of carbonyl (C=O) groups excluding carboxylic acids is 1. The van der Waals surface area contributed by atoms with Gasteiger partial charge in [-0.05, 0) is 41.7 Å². The molecule has 0 radical (unpaired) electrons. The van der Waals surface area contributed by atoms with Gasteiger partial charge in [0.2, 0.25) is 5.91 Å². The highest BCUT2D eigenvalue weighted by atomic mass is 16.5. The largest absolute Gasteiger partial charge is 0.497 e. The molecule has 1 aromatic carbocycles. The number of rotatable bonds is 7. The van der Waals surface area contributed by atoms with Gasteiger partial charge in [-0.15, -0.1) is 0 Å². The van der Waals surface area contributed by atoms with Crippen molar-refractivity contribution in [1.29, 1.82) is 0 Å². The molecule has 22 heavy (non-hydrogen) atoms. The minimum absolute atomic E-state index is 0.0333. The highest BCUT2D eigenvalue weighted by Gasteiger charge is 2.19. The van der Waals surface area contributed by atoms with E-state index >= 15 is 0 Å². The number of furan rings is 1. The molecule has 1 heterocycles. The molecule has 0 saturated carbocycles. The average Bonchev–Trinajstić information content (AvgIpc) is 3.04. The second-order valence-corrected chi connectivity index (χ2v) is 5.68. The molecule has 1 aromatic heterocycles. The molecule has 2 rings (SSSR count). The smallest absolute Gasteiger partial charge is 0.220 e. The Morgan fingerprint density at radius 3 is 2.50 bits per heavy atom. The monoisotopic (exact) mass is 301 g/mol. The Balaban J connectivity index is 1.96. The predicted octanol–water partition coefficient (Wildman–Crippen LogP) is 3.73. The van der Waals surface area contributed by atoms with E-state index in [1.54, 1.807) is 13.4 Å². The normalized spacial score (nSPS) is 12.2. The maximum atomic E-state index is 12.2. The van der Waals surface area contributed by atoms with Crippen molar-refractivity contribution in [3.8, 4) is 5.75 Å². The molecule has 0 fully saturated rings. The molecule has 1 amide bonds. The van der Waals surface area contributed by atoms with Gasteiger partial charge in [0.1, 0.15) is 11.5 Å². The van der Waals surface area contributed by atoms with Crippen LogP contribution in [0, 0.1) is 5.92 Å². The maximum absolute atomic E-state index is 12.2. The van der Waals surface area contributed by atoms with E-state index in [9.17, 15) is 4.79 Å². The molecule has 0 aliphatic heterocycles. The first kappa shape index (κ1) is 16.1. The summed E-state index contributed by atoms with van der Waals surface area (Å²) in [4.78, 5) is 12.2. The van der Waals surface area contributed by atoms with E-state index in [4.69, 9.17) is 9.15 Å². The van der Waals surface area contributed by atoms with Gasteiger partial charge in [-0.1, -0.05) is 26.0 Å². The molecule has 1 N–H and O–H groups in total. The zero-order valence-electron chi connectivity index (χ0n) is 13.3. The van der Waals surface area contributed by atoms with Gasteiger partial charge in [0.15, 0.2) is 0 Å². The molecule has 1 atom stereocenters. The predicted molar refractivity (Wildman–Crippen MR) is 85.7 cm³/mol. The summed E-state index contributed by atoms with van der Waals surface area (Å²) in [6.07, 6.45) is 2.07. The lowest BCUT2D eigenvalue weighted by atomic mass is 9.85. The van der Waals surface area contributed by atoms with Gasteiger partial charge < -0.3 is 14.5 Å². The van der Waals surface area contributed by atoms with Gasteiger partial charge in [-0.25, -0.2) is 0 Å². The van der Waals surface area contributed by atoms with Crippen LogP contribution in [-0.4, -0.2) is 13.0 Å². The summed E-state index contributed by atoms with van der Waals surface area (Å²) < 4.78 is 10.4. The van der Waals surface area contributed by atoms with Crippen molar-refractivity contribution in [3.05, 3.63) is 54.0 Å². The van der Waals surface area contributed by atoms with E-state index < -0.39 is 0 Å². The molecule has 0 aliphatic rings. The molecule has 0 unspecified atom stereocenters. The Morgan fingerprint density at radius 1 is 1.23 bits per heavy atom. The highest BCUT2D eigenvalue weighted by molar-refractivity contribution is 5.76. The fraction of sp³-hybridized carbons (Fsp3) is 0.389. The molecule has 4 nitrogen and oxygen atoms in total. The van der Waals surface area contributed by atoms with Gasteiger partial charge in [0, 0.05) is 6.42 Å². The number of ether oxygens (including phenoxy) is 1. The summed E-state index contributed by atoms with van der Waals surface area (Å²) in [5, 5.41) is 2.91. The van der Waals surface area contributed by atoms with Crippen LogP contribution in [0.5, 0.6) is 5.75 Å². The third-order valence-electron chi connectivity index (χ3n) is 3.79. The van der Waals surface area contributed by atoms with Gasteiger partial charge in [0.25, 0.3) is 0 Å². The highest BCUT2D eigenvalue weighted by Crippen LogP contribution is 2.29. The fourth-order valence-corrected chi connectivity index (χ4v) is 2.46. The van der Waals surface area contributed by atoms with Crippen LogP contribution in [0.4, 0.5) is 0 Å². The molecule has 0 aliphatic carbocycles. The summed E-state index contributed by atoms with van der Waals surface area (Å²) in [6, 6.07) is 11.6.